The van der Waals surface area contributed by atoms with Gasteiger partial charge in [-0.15, -0.1) is 0 Å². The van der Waals surface area contributed by atoms with E-state index in [9.17, 15) is 19.1 Å². The molecule has 3 rings (SSSR count). The van der Waals surface area contributed by atoms with Crippen LogP contribution in [0.3, 0.4) is 0 Å². The number of hydrogen-bond donors (Lipinski definition) is 2. The van der Waals surface area contributed by atoms with E-state index in [2.05, 4.69) is 4.98 Å². The molecule has 1 amide bonds. The summed E-state index contributed by atoms with van der Waals surface area (Å²) >= 11 is 0. The summed E-state index contributed by atoms with van der Waals surface area (Å²) in [6.45, 7) is 2.62. The molecule has 0 saturated carbocycles. The third-order valence-electron chi connectivity index (χ3n) is 5.02. The molecule has 2 N–H and O–H groups in total. The van der Waals surface area contributed by atoms with E-state index in [0.717, 1.165) is 10.9 Å². The predicted molar refractivity (Wildman–Crippen MR) is 90.1 cm³/mol. The van der Waals surface area contributed by atoms with Crippen molar-refractivity contribution in [3.8, 4) is 0 Å². The number of carboxylic acids is 1. The topological polar surface area (TPSA) is 82.6 Å². The molecule has 1 fully saturated rings. The van der Waals surface area contributed by atoms with Crippen LogP contribution in [-0.2, 0) is 9.53 Å². The minimum Gasteiger partial charge on any atom is -0.481 e. The third kappa shape index (κ3) is 3.11. The summed E-state index contributed by atoms with van der Waals surface area (Å²) in [6, 6.07) is 4.52. The van der Waals surface area contributed by atoms with Gasteiger partial charge in [-0.2, -0.15) is 0 Å². The fourth-order valence-electron chi connectivity index (χ4n) is 3.49. The summed E-state index contributed by atoms with van der Waals surface area (Å²) in [6.07, 6.45) is 0.686. The number of carboxylic acid groups (broad SMARTS) is 1. The van der Waals surface area contributed by atoms with Crippen molar-refractivity contribution < 1.29 is 23.8 Å². The highest BCUT2D eigenvalue weighted by atomic mass is 19.1. The second-order valence-electron chi connectivity index (χ2n) is 6.68. The van der Waals surface area contributed by atoms with Crippen LogP contribution in [0, 0.1) is 18.2 Å². The Kier molecular flexibility index (Phi) is 4.51. The summed E-state index contributed by atoms with van der Waals surface area (Å²) in [5.74, 6) is -1.44. The molecule has 0 spiro atoms. The highest BCUT2D eigenvalue weighted by molar-refractivity contribution is 5.99. The number of halogens is 1. The molecule has 25 heavy (non-hydrogen) atoms. The highest BCUT2D eigenvalue weighted by Crippen LogP contribution is 2.33. The van der Waals surface area contributed by atoms with Gasteiger partial charge in [0.15, 0.2) is 0 Å². The summed E-state index contributed by atoms with van der Waals surface area (Å²) in [5.41, 5.74) is 0.787. The van der Waals surface area contributed by atoms with Gasteiger partial charge >= 0.3 is 5.97 Å². The maximum atomic E-state index is 13.5. The Hall–Kier alpha value is -2.41. The average Bonchev–Trinajstić information content (AvgIpc) is 2.99. The lowest BCUT2D eigenvalue weighted by atomic mass is 9.79. The Balaban J connectivity index is 1.79. The fraction of sp³-hybridized carbons (Fsp3) is 0.444. The summed E-state index contributed by atoms with van der Waals surface area (Å²) in [7, 11) is 1.48. The van der Waals surface area contributed by atoms with Crippen LogP contribution in [0.4, 0.5) is 4.39 Å². The number of carbonyl (C=O) groups excluding carboxylic acids is 1. The van der Waals surface area contributed by atoms with Gasteiger partial charge in [0, 0.05) is 31.1 Å². The molecule has 1 aromatic heterocycles. The van der Waals surface area contributed by atoms with Crippen molar-refractivity contribution in [1.29, 1.82) is 0 Å². The zero-order valence-corrected chi connectivity index (χ0v) is 14.3. The van der Waals surface area contributed by atoms with Crippen molar-refractivity contribution in [2.24, 2.45) is 5.41 Å². The van der Waals surface area contributed by atoms with Crippen LogP contribution in [0.25, 0.3) is 10.9 Å². The molecule has 1 aromatic carbocycles. The lowest BCUT2D eigenvalue weighted by Crippen LogP contribution is -2.48. The van der Waals surface area contributed by atoms with E-state index in [4.69, 9.17) is 4.74 Å². The molecule has 2 aromatic rings. The number of nitrogens with zero attached hydrogens (tertiary/aromatic N) is 1. The Morgan fingerprint density at radius 3 is 2.60 bits per heavy atom. The van der Waals surface area contributed by atoms with Crippen molar-refractivity contribution in [1.82, 2.24) is 9.88 Å². The van der Waals surface area contributed by atoms with E-state index < -0.39 is 11.4 Å². The van der Waals surface area contributed by atoms with Crippen LogP contribution in [0.5, 0.6) is 0 Å². The number of fused-ring (bicyclic) bond motifs is 1. The number of carbonyl (C=O) groups is 2. The first kappa shape index (κ1) is 17.4. The first-order valence-corrected chi connectivity index (χ1v) is 8.17. The van der Waals surface area contributed by atoms with Crippen LogP contribution in [0.2, 0.25) is 0 Å². The second-order valence-corrected chi connectivity index (χ2v) is 6.68. The SMILES string of the molecule is COCC1(C(=O)O)CCN(C(=O)c2cc3c(C)cc(F)cc3[nH]2)CC1. The summed E-state index contributed by atoms with van der Waals surface area (Å²) < 4.78 is 18.6. The molecule has 134 valence electrons. The second kappa shape index (κ2) is 6.48. The molecular formula is C18H21FN2O4. The van der Waals surface area contributed by atoms with Gasteiger partial charge in [-0.25, -0.2) is 4.39 Å². The molecule has 6 nitrogen and oxygen atoms in total. The molecule has 0 radical (unpaired) electrons. The van der Waals surface area contributed by atoms with Gasteiger partial charge in [0.25, 0.3) is 5.91 Å². The molecule has 0 bridgehead atoms. The number of piperidine rings is 1. The molecule has 2 heterocycles. The lowest BCUT2D eigenvalue weighted by Gasteiger charge is -2.38. The third-order valence-corrected chi connectivity index (χ3v) is 5.02. The maximum Gasteiger partial charge on any atom is 0.312 e. The minimum absolute atomic E-state index is 0.134. The van der Waals surface area contributed by atoms with Gasteiger partial charge in [0.1, 0.15) is 11.5 Å². The monoisotopic (exact) mass is 348 g/mol. The van der Waals surface area contributed by atoms with Gasteiger partial charge in [0.05, 0.1) is 12.0 Å². The van der Waals surface area contributed by atoms with Crippen LogP contribution in [0.15, 0.2) is 18.2 Å². The van der Waals surface area contributed by atoms with Crippen LogP contribution >= 0.6 is 0 Å². The van der Waals surface area contributed by atoms with Crippen molar-refractivity contribution in [2.75, 3.05) is 26.8 Å². The molecular weight excluding hydrogens is 327 g/mol. The normalized spacial score (nSPS) is 17.0. The van der Waals surface area contributed by atoms with Crippen LogP contribution in [-0.4, -0.2) is 53.7 Å². The number of nitrogens with one attached hydrogen (secondary N) is 1. The number of aliphatic carboxylic acids is 1. The number of benzene rings is 1. The fourth-order valence-corrected chi connectivity index (χ4v) is 3.49. The molecule has 7 heteroatoms. The number of likely N-dealkylation sites (tertiary alicyclic amines) is 1. The molecule has 0 atom stereocenters. The minimum atomic E-state index is -0.939. The van der Waals surface area contributed by atoms with E-state index in [1.165, 1.54) is 19.2 Å². The Labute approximate surface area is 144 Å². The Bertz CT molecular complexity index is 822. The van der Waals surface area contributed by atoms with Gasteiger partial charge in [-0.3, -0.25) is 9.59 Å². The number of methoxy groups -OCH3 is 1. The van der Waals surface area contributed by atoms with E-state index in [0.29, 0.717) is 37.1 Å². The summed E-state index contributed by atoms with van der Waals surface area (Å²) in [5, 5.41) is 10.3. The number of aromatic nitrogens is 1. The maximum absolute atomic E-state index is 13.5. The number of amides is 1. The number of rotatable bonds is 4. The van der Waals surface area contributed by atoms with Gasteiger partial charge in [-0.05, 0) is 43.5 Å². The quantitative estimate of drug-likeness (QED) is 0.890. The number of aromatic amines is 1. The van der Waals surface area contributed by atoms with E-state index in [1.807, 2.05) is 0 Å². The average molecular weight is 348 g/mol. The Morgan fingerprint density at radius 2 is 2.00 bits per heavy atom. The lowest BCUT2D eigenvalue weighted by molar-refractivity contribution is -0.155. The smallest absolute Gasteiger partial charge is 0.312 e. The standard InChI is InChI=1S/C18H21FN2O4/c1-11-7-12(19)8-14-13(11)9-15(20-14)16(22)21-5-3-18(4-6-21,10-25-2)17(23)24/h7-9,20H,3-6,10H2,1-2H3,(H,23,24). The first-order valence-electron chi connectivity index (χ1n) is 8.17. The number of hydrogen-bond acceptors (Lipinski definition) is 3. The Morgan fingerprint density at radius 1 is 1.32 bits per heavy atom. The zero-order chi connectivity index (χ0) is 18.2. The van der Waals surface area contributed by atoms with E-state index in [1.54, 1.807) is 17.9 Å². The van der Waals surface area contributed by atoms with Gasteiger partial charge in [-0.1, -0.05) is 0 Å². The van der Waals surface area contributed by atoms with Crippen molar-refractivity contribution in [3.05, 3.63) is 35.3 Å². The van der Waals surface area contributed by atoms with Crippen molar-refractivity contribution in [3.63, 3.8) is 0 Å². The number of aryl methyl sites for hydroxylation is 1. The largest absolute Gasteiger partial charge is 0.481 e. The van der Waals surface area contributed by atoms with Crippen LogP contribution < -0.4 is 0 Å². The van der Waals surface area contributed by atoms with Crippen molar-refractivity contribution >= 4 is 22.8 Å². The molecule has 1 aliphatic heterocycles. The molecule has 1 saturated heterocycles. The predicted octanol–water partition coefficient (Wildman–Crippen LogP) is 2.57. The first-order chi connectivity index (χ1) is 11.9. The number of ether oxygens (including phenoxy) is 1. The van der Waals surface area contributed by atoms with Gasteiger partial charge < -0.3 is 19.7 Å². The van der Waals surface area contributed by atoms with E-state index in [-0.39, 0.29) is 18.3 Å². The molecule has 0 aliphatic carbocycles. The van der Waals surface area contributed by atoms with Gasteiger partial charge in [0.2, 0.25) is 0 Å². The van der Waals surface area contributed by atoms with E-state index >= 15 is 0 Å². The molecule has 0 unspecified atom stereocenters. The molecule has 1 aliphatic rings. The van der Waals surface area contributed by atoms with Crippen LogP contribution in [0.1, 0.15) is 28.9 Å². The number of H-pyrrole nitrogens is 1. The van der Waals surface area contributed by atoms with Crippen molar-refractivity contribution in [2.45, 2.75) is 19.8 Å². The zero-order valence-electron chi connectivity index (χ0n) is 14.3. The summed E-state index contributed by atoms with van der Waals surface area (Å²) in [4.78, 5) is 28.9. The highest BCUT2D eigenvalue weighted by Gasteiger charge is 2.42.